The van der Waals surface area contributed by atoms with E-state index in [2.05, 4.69) is 0 Å². The molecular weight excluding hydrogens is 657 g/mol. The molecule has 0 saturated heterocycles. The molecule has 16 heteroatoms. The van der Waals surface area contributed by atoms with Gasteiger partial charge in [0, 0.05) is 56.9 Å². The summed E-state index contributed by atoms with van der Waals surface area (Å²) < 4.78 is 23.5. The number of hydrogen-bond donors (Lipinski definition) is 2. The van der Waals surface area contributed by atoms with Crippen LogP contribution in [0.4, 0.5) is 0 Å². The van der Waals surface area contributed by atoms with Crippen LogP contribution < -0.4 is 0 Å². The molecule has 0 amide bonds. The molecule has 0 aliphatic heterocycles. The summed E-state index contributed by atoms with van der Waals surface area (Å²) in [7, 11) is 0. The summed E-state index contributed by atoms with van der Waals surface area (Å²) in [6, 6.07) is 0. The van der Waals surface area contributed by atoms with E-state index < -0.39 is 22.4 Å². The fraction of sp³-hybridized carbons (Fsp3) is 0.900. The molecule has 2 N–H and O–H groups in total. The third-order valence-corrected chi connectivity index (χ3v) is 16.3. The van der Waals surface area contributed by atoms with Crippen LogP contribution >= 0.6 is 94.1 Å². The Balaban J connectivity index is 3.34. The molecule has 0 heterocycles. The van der Waals surface area contributed by atoms with E-state index in [1.54, 1.807) is 70.6 Å². The second-order valence-corrected chi connectivity index (χ2v) is 19.6. The van der Waals surface area contributed by atoms with E-state index in [0.29, 0.717) is 39.6 Å². The van der Waals surface area contributed by atoms with Crippen LogP contribution in [0.1, 0.15) is 0 Å². The number of carbonyl (C=O) groups excluding carboxylic acids is 2. The fourth-order valence-electron chi connectivity index (χ4n) is 2.00. The van der Waals surface area contributed by atoms with Crippen molar-refractivity contribution in [2.24, 2.45) is 0 Å². The molecule has 0 aliphatic carbocycles. The van der Waals surface area contributed by atoms with Gasteiger partial charge in [0.05, 0.1) is 24.7 Å². The van der Waals surface area contributed by atoms with Crippen molar-refractivity contribution in [1.82, 2.24) is 0 Å². The van der Waals surface area contributed by atoms with Crippen molar-refractivity contribution < 1.29 is 28.9 Å². The molecule has 36 heavy (non-hydrogen) atoms. The average molecular weight is 695 g/mol. The topological polar surface area (TPSA) is 121 Å². The molecule has 0 aromatic heterocycles. The van der Waals surface area contributed by atoms with E-state index in [4.69, 9.17) is 10.2 Å². The van der Waals surface area contributed by atoms with Gasteiger partial charge in [-0.25, -0.2) is 0 Å². The highest BCUT2D eigenvalue weighted by Gasteiger charge is 2.08. The molecule has 214 valence electrons. The summed E-state index contributed by atoms with van der Waals surface area (Å²) in [6.45, 7) is 0.0122. The lowest BCUT2D eigenvalue weighted by atomic mass is 10.9. The van der Waals surface area contributed by atoms with E-state index >= 15 is 0 Å². The van der Waals surface area contributed by atoms with Crippen molar-refractivity contribution in [1.29, 1.82) is 0 Å². The summed E-state index contributed by atoms with van der Waals surface area (Å²) in [5.74, 6) is 10.4. The second kappa shape index (κ2) is 30.6. The zero-order valence-electron chi connectivity index (χ0n) is 20.3. The van der Waals surface area contributed by atoms with E-state index in [0.717, 1.165) is 51.1 Å². The molecule has 0 saturated carbocycles. The molecule has 0 aromatic carbocycles. The smallest absolute Gasteiger partial charge is 0.199 e. The molecule has 6 nitrogen and oxygen atoms in total. The number of carbonyl (C=O) groups is 2. The van der Waals surface area contributed by atoms with Crippen LogP contribution in [0.15, 0.2) is 0 Å². The van der Waals surface area contributed by atoms with Gasteiger partial charge >= 0.3 is 0 Å². The Hall–Kier alpha value is 2.68. The number of thioether (sulfide) groups is 8. The van der Waals surface area contributed by atoms with Gasteiger partial charge in [0.2, 0.25) is 0 Å². The normalized spacial score (nSPS) is 13.1. The zero-order chi connectivity index (χ0) is 26.7. The Morgan fingerprint density at radius 3 is 1.69 bits per heavy atom. The van der Waals surface area contributed by atoms with Gasteiger partial charge in [-0.1, -0.05) is 34.7 Å². The number of aliphatic hydroxyl groups is 2. The average Bonchev–Trinajstić information content (AvgIpc) is 2.85. The Morgan fingerprint density at radius 2 is 1.08 bits per heavy atom. The zero-order valence-corrected chi connectivity index (χ0v) is 28.5. The quantitative estimate of drug-likeness (QED) is 0.0743. The highest BCUT2D eigenvalue weighted by Crippen LogP contribution is 2.19. The molecule has 0 bridgehead atoms. The molecule has 0 aromatic rings. The maximum absolute atomic E-state index is 12.1. The third kappa shape index (κ3) is 29.7. The summed E-state index contributed by atoms with van der Waals surface area (Å²) in [5.41, 5.74) is 0. The molecule has 0 fully saturated rings. The number of rotatable bonds is 27. The minimum atomic E-state index is -0.918. The predicted octanol–water partition coefficient (Wildman–Crippen LogP) is 3.30. The van der Waals surface area contributed by atoms with Gasteiger partial charge in [-0.05, 0) is 11.2 Å². The van der Waals surface area contributed by atoms with Gasteiger partial charge in [-0.2, -0.15) is 47.0 Å². The van der Waals surface area contributed by atoms with Crippen molar-refractivity contribution in [3.63, 3.8) is 0 Å². The Kier molecular flexibility index (Phi) is 32.9. The summed E-state index contributed by atoms with van der Waals surface area (Å²) >= 11 is 11.0. The van der Waals surface area contributed by atoms with Gasteiger partial charge in [-0.3, -0.25) is 9.59 Å². The van der Waals surface area contributed by atoms with Crippen molar-refractivity contribution in [2.45, 2.75) is 0 Å². The first-order valence-electron chi connectivity index (χ1n) is 11.2. The molecular formula is C20H38O6S10. The maximum atomic E-state index is 12.1. The first-order chi connectivity index (χ1) is 17.5. The molecule has 0 spiro atoms. The first kappa shape index (κ1) is 38.7. The maximum Gasteiger partial charge on any atom is 0.199 e. The van der Waals surface area contributed by atoms with Gasteiger partial charge in [0.15, 0.2) is 15.3 Å². The minimum Gasteiger partial charge on any atom is -0.616 e. The molecule has 0 rings (SSSR count). The van der Waals surface area contributed by atoms with Crippen LogP contribution in [-0.4, -0.2) is 133 Å². The minimum absolute atomic E-state index is 0.0226. The highest BCUT2D eigenvalue weighted by molar-refractivity contribution is 8.25. The fourth-order valence-corrected chi connectivity index (χ4v) is 13.2. The van der Waals surface area contributed by atoms with Gasteiger partial charge in [-0.15, -0.1) is 23.5 Å². The monoisotopic (exact) mass is 694 g/mol. The molecule has 0 aliphatic rings. The summed E-state index contributed by atoms with van der Waals surface area (Å²) in [5, 5.41) is 19.1. The highest BCUT2D eigenvalue weighted by atomic mass is 32.3. The van der Waals surface area contributed by atoms with Crippen molar-refractivity contribution in [3.8, 4) is 0 Å². The SMILES string of the molecule is O=C(CSCCSCC[S+]([O-])CSCCSCSC(=O)CSCCSCC[S+]([O-])CCO)SCCO. The van der Waals surface area contributed by atoms with Crippen LogP contribution in [0.3, 0.4) is 0 Å². The van der Waals surface area contributed by atoms with E-state index in [9.17, 15) is 18.7 Å². The summed E-state index contributed by atoms with van der Waals surface area (Å²) in [6.07, 6.45) is 0. The van der Waals surface area contributed by atoms with Crippen molar-refractivity contribution in [3.05, 3.63) is 0 Å². The lowest BCUT2D eigenvalue weighted by molar-refractivity contribution is -0.109. The lowest BCUT2D eigenvalue weighted by Gasteiger charge is -2.10. The molecule has 2 atom stereocenters. The van der Waals surface area contributed by atoms with Crippen LogP contribution in [0.25, 0.3) is 0 Å². The standard InChI is InChI=1S/C20H38O6S10/c21-1-3-33-19(23)15-29-6-5-28-11-14-36(26)18-32-9-8-31-17-34-20(24)16-30-7-4-27-10-13-35(25)12-2-22/h21-22H,1-18H2. The second-order valence-electron chi connectivity index (χ2n) is 6.56. The lowest BCUT2D eigenvalue weighted by Crippen LogP contribution is -2.15. The Morgan fingerprint density at radius 1 is 0.556 bits per heavy atom. The number of hydrogen-bond acceptors (Lipinski definition) is 14. The number of aliphatic hydroxyl groups excluding tert-OH is 2. The third-order valence-electron chi connectivity index (χ3n) is 3.66. The van der Waals surface area contributed by atoms with Gasteiger partial charge in [0.25, 0.3) is 0 Å². The largest absolute Gasteiger partial charge is 0.616 e. The molecule has 0 radical (unpaired) electrons. The van der Waals surface area contributed by atoms with Crippen molar-refractivity contribution in [2.75, 3.05) is 104 Å². The molecule has 2 unspecified atom stereocenters. The first-order valence-corrected chi connectivity index (χ1v) is 23.1. The van der Waals surface area contributed by atoms with E-state index in [1.807, 2.05) is 0 Å². The van der Waals surface area contributed by atoms with Crippen molar-refractivity contribution >= 4 is 127 Å². The van der Waals surface area contributed by atoms with Crippen LogP contribution in [0.2, 0.25) is 0 Å². The van der Waals surface area contributed by atoms with E-state index in [1.165, 1.54) is 23.5 Å². The Bertz CT molecular complexity index is 523. The van der Waals surface area contributed by atoms with E-state index in [-0.39, 0.29) is 23.4 Å². The van der Waals surface area contributed by atoms with Crippen LogP contribution in [0.5, 0.6) is 0 Å². The van der Waals surface area contributed by atoms with Gasteiger partial charge < -0.3 is 19.3 Å². The summed E-state index contributed by atoms with van der Waals surface area (Å²) in [4.78, 5) is 23.4. The predicted molar refractivity (Wildman–Crippen MR) is 179 cm³/mol. The van der Waals surface area contributed by atoms with Crippen LogP contribution in [0, 0.1) is 0 Å². The van der Waals surface area contributed by atoms with Gasteiger partial charge in [0.1, 0.15) is 17.3 Å². The van der Waals surface area contributed by atoms with Crippen LogP contribution in [-0.2, 0) is 31.9 Å². The Labute approximate surface area is 257 Å².